The number of hydrogen-bond donors (Lipinski definition) is 0. The lowest BCUT2D eigenvalue weighted by molar-refractivity contribution is 0.552. The Morgan fingerprint density at radius 2 is 0.857 bits per heavy atom. The summed E-state index contributed by atoms with van der Waals surface area (Å²) in [5.74, 6) is 0.633. The molecule has 0 unspecified atom stereocenters. The molecule has 0 aliphatic heterocycles. The van der Waals surface area contributed by atoms with E-state index in [1.54, 1.807) is 0 Å². The SMILES string of the molecule is c1nnc(-c2nc(-c3nnco3)nc(-c3nnco3)n2)o1. The summed E-state index contributed by atoms with van der Waals surface area (Å²) in [6, 6.07) is 0. The van der Waals surface area contributed by atoms with E-state index in [4.69, 9.17) is 13.3 Å². The third-order valence-electron chi connectivity index (χ3n) is 2.29. The molecule has 0 aliphatic rings. The summed E-state index contributed by atoms with van der Waals surface area (Å²) in [6.07, 6.45) is 3.45. The summed E-state index contributed by atoms with van der Waals surface area (Å²) in [7, 11) is 0. The highest BCUT2D eigenvalue weighted by atomic mass is 16.4. The molecule has 0 radical (unpaired) electrons. The molecule has 4 aromatic rings. The fourth-order valence-corrected chi connectivity index (χ4v) is 1.47. The average Bonchev–Trinajstić information content (AvgIpc) is 3.29. The van der Waals surface area contributed by atoms with Gasteiger partial charge in [-0.05, 0) is 0 Å². The summed E-state index contributed by atoms with van der Waals surface area (Å²) in [5, 5.41) is 21.9. The molecule has 0 atom stereocenters. The average molecular weight is 285 g/mol. The van der Waals surface area contributed by atoms with Gasteiger partial charge < -0.3 is 13.3 Å². The van der Waals surface area contributed by atoms with Gasteiger partial charge in [0, 0.05) is 0 Å². The lowest BCUT2D eigenvalue weighted by Crippen LogP contribution is -2.00. The minimum absolute atomic E-state index is 0.0962. The maximum absolute atomic E-state index is 5.06. The molecular weight excluding hydrogens is 282 g/mol. The minimum atomic E-state index is 0.0962. The molecule has 4 heterocycles. The van der Waals surface area contributed by atoms with Gasteiger partial charge >= 0.3 is 0 Å². The van der Waals surface area contributed by atoms with E-state index in [0.29, 0.717) is 0 Å². The molecule has 0 bridgehead atoms. The van der Waals surface area contributed by atoms with E-state index >= 15 is 0 Å². The fraction of sp³-hybridized carbons (Fsp3) is 0. The van der Waals surface area contributed by atoms with Gasteiger partial charge in [0.1, 0.15) is 0 Å². The zero-order chi connectivity index (χ0) is 14.1. The zero-order valence-electron chi connectivity index (χ0n) is 9.98. The summed E-state index contributed by atoms with van der Waals surface area (Å²) in [6.45, 7) is 0. The quantitative estimate of drug-likeness (QED) is 0.497. The van der Waals surface area contributed by atoms with Crippen LogP contribution in [0.15, 0.2) is 32.4 Å². The van der Waals surface area contributed by atoms with Gasteiger partial charge in [-0.3, -0.25) is 0 Å². The zero-order valence-corrected chi connectivity index (χ0v) is 9.98. The number of hydrogen-bond acceptors (Lipinski definition) is 12. The number of aromatic nitrogens is 9. The van der Waals surface area contributed by atoms with Gasteiger partial charge in [0.2, 0.25) is 36.7 Å². The predicted octanol–water partition coefficient (Wildman–Crippen LogP) is 0.0216. The molecule has 0 aromatic carbocycles. The highest BCUT2D eigenvalue weighted by Gasteiger charge is 2.19. The van der Waals surface area contributed by atoms with Crippen molar-refractivity contribution in [3.63, 3.8) is 0 Å². The molecule has 4 rings (SSSR count). The van der Waals surface area contributed by atoms with Crippen LogP contribution in [0.4, 0.5) is 0 Å². The van der Waals surface area contributed by atoms with Crippen LogP contribution in [-0.4, -0.2) is 45.5 Å². The van der Waals surface area contributed by atoms with Crippen molar-refractivity contribution in [2.75, 3.05) is 0 Å². The van der Waals surface area contributed by atoms with E-state index in [9.17, 15) is 0 Å². The van der Waals surface area contributed by atoms with E-state index < -0.39 is 0 Å². The molecule has 12 nitrogen and oxygen atoms in total. The van der Waals surface area contributed by atoms with Gasteiger partial charge in [0.05, 0.1) is 0 Å². The van der Waals surface area contributed by atoms with E-state index in [-0.39, 0.29) is 35.1 Å². The summed E-state index contributed by atoms with van der Waals surface area (Å²) in [4.78, 5) is 12.4. The Morgan fingerprint density at radius 1 is 0.524 bits per heavy atom. The molecule has 0 aliphatic carbocycles. The molecule has 21 heavy (non-hydrogen) atoms. The summed E-state index contributed by atoms with van der Waals surface area (Å²) >= 11 is 0. The second-order valence-electron chi connectivity index (χ2n) is 3.54. The second kappa shape index (κ2) is 4.52. The van der Waals surface area contributed by atoms with Gasteiger partial charge in [0.25, 0.3) is 17.7 Å². The number of rotatable bonds is 3. The van der Waals surface area contributed by atoms with Crippen molar-refractivity contribution in [3.8, 4) is 35.1 Å². The topological polar surface area (TPSA) is 155 Å². The molecule has 0 fully saturated rings. The van der Waals surface area contributed by atoms with Crippen molar-refractivity contribution >= 4 is 0 Å². The van der Waals surface area contributed by atoms with Gasteiger partial charge in [0.15, 0.2) is 0 Å². The molecule has 102 valence electrons. The van der Waals surface area contributed by atoms with Crippen LogP contribution < -0.4 is 0 Å². The van der Waals surface area contributed by atoms with Gasteiger partial charge in [-0.1, -0.05) is 0 Å². The van der Waals surface area contributed by atoms with Crippen LogP contribution in [0, 0.1) is 0 Å². The van der Waals surface area contributed by atoms with Crippen molar-refractivity contribution in [1.82, 2.24) is 45.5 Å². The van der Waals surface area contributed by atoms with E-state index in [2.05, 4.69) is 45.5 Å². The molecule has 0 saturated carbocycles. The molecule has 0 amide bonds. The van der Waals surface area contributed by atoms with Crippen molar-refractivity contribution in [2.45, 2.75) is 0 Å². The first-order valence-electron chi connectivity index (χ1n) is 5.46. The minimum Gasteiger partial charge on any atom is -0.421 e. The van der Waals surface area contributed by atoms with Gasteiger partial charge in [-0.15, -0.1) is 30.6 Å². The monoisotopic (exact) mass is 285 g/mol. The molecule has 4 aromatic heterocycles. The lowest BCUT2D eigenvalue weighted by atomic mass is 10.5. The van der Waals surface area contributed by atoms with Gasteiger partial charge in [-0.25, -0.2) is 0 Å². The second-order valence-corrected chi connectivity index (χ2v) is 3.54. The maximum atomic E-state index is 5.06. The smallest absolute Gasteiger partial charge is 0.285 e. The molecule has 0 saturated heterocycles. The van der Waals surface area contributed by atoms with Crippen LogP contribution >= 0.6 is 0 Å². The lowest BCUT2D eigenvalue weighted by Gasteiger charge is -1.99. The van der Waals surface area contributed by atoms with Crippen LogP contribution in [0.25, 0.3) is 35.1 Å². The third-order valence-corrected chi connectivity index (χ3v) is 2.29. The highest BCUT2D eigenvalue weighted by molar-refractivity contribution is 5.53. The fourth-order valence-electron chi connectivity index (χ4n) is 1.47. The Morgan fingerprint density at radius 3 is 1.10 bits per heavy atom. The Bertz CT molecular complexity index is 714. The van der Waals surface area contributed by atoms with Crippen LogP contribution in [0.5, 0.6) is 0 Å². The van der Waals surface area contributed by atoms with E-state index in [1.165, 1.54) is 0 Å². The normalized spacial score (nSPS) is 10.9. The van der Waals surface area contributed by atoms with E-state index in [1.807, 2.05) is 0 Å². The Labute approximate surface area is 114 Å². The summed E-state index contributed by atoms with van der Waals surface area (Å²) < 4.78 is 15.2. The van der Waals surface area contributed by atoms with Crippen molar-refractivity contribution in [2.24, 2.45) is 0 Å². The first kappa shape index (κ1) is 11.3. The predicted molar refractivity (Wildman–Crippen MR) is 59.7 cm³/mol. The first-order valence-corrected chi connectivity index (χ1v) is 5.46. The van der Waals surface area contributed by atoms with Crippen LogP contribution in [-0.2, 0) is 0 Å². The van der Waals surface area contributed by atoms with Crippen LogP contribution in [0.1, 0.15) is 0 Å². The molecular formula is C9H3N9O3. The standard InChI is InChI=1S/C9H3N9O3/c1-10-16-7(19-1)4-13-5(8-17-11-2-20-8)15-6(14-4)9-18-12-3-21-9/h1-3H. The first-order chi connectivity index (χ1) is 10.4. The Kier molecular flexibility index (Phi) is 2.42. The van der Waals surface area contributed by atoms with E-state index in [0.717, 1.165) is 19.2 Å². The number of nitrogens with zero attached hydrogens (tertiary/aromatic N) is 9. The highest BCUT2D eigenvalue weighted by Crippen LogP contribution is 2.20. The van der Waals surface area contributed by atoms with Crippen molar-refractivity contribution in [3.05, 3.63) is 19.2 Å². The van der Waals surface area contributed by atoms with Gasteiger partial charge in [-0.2, -0.15) is 15.0 Å². The van der Waals surface area contributed by atoms with Crippen LogP contribution in [0.3, 0.4) is 0 Å². The molecule has 12 heteroatoms. The van der Waals surface area contributed by atoms with Crippen molar-refractivity contribution in [1.29, 1.82) is 0 Å². The van der Waals surface area contributed by atoms with Crippen molar-refractivity contribution < 1.29 is 13.3 Å². The van der Waals surface area contributed by atoms with Crippen LogP contribution in [0.2, 0.25) is 0 Å². The Balaban J connectivity index is 1.92. The Hall–Kier alpha value is -3.57. The largest absolute Gasteiger partial charge is 0.421 e. The maximum Gasteiger partial charge on any atom is 0.285 e. The summed E-state index contributed by atoms with van der Waals surface area (Å²) in [5.41, 5.74) is 0. The molecule has 0 N–H and O–H groups in total. The molecule has 0 spiro atoms. The third kappa shape index (κ3) is 1.99.